The van der Waals surface area contributed by atoms with E-state index in [1.807, 2.05) is 18.2 Å². The van der Waals surface area contributed by atoms with E-state index in [1.165, 1.54) is 18.2 Å². The van der Waals surface area contributed by atoms with Crippen molar-refractivity contribution in [3.05, 3.63) is 63.2 Å². The lowest BCUT2D eigenvalue weighted by Crippen LogP contribution is -2.26. The summed E-state index contributed by atoms with van der Waals surface area (Å²) in [6.45, 7) is 0.400. The molecule has 0 spiro atoms. The first-order valence-electron chi connectivity index (χ1n) is 6.68. The summed E-state index contributed by atoms with van der Waals surface area (Å²) in [4.78, 5) is 23.2. The molecule has 0 bridgehead atoms. The first-order chi connectivity index (χ1) is 11.0. The monoisotopic (exact) mass is 351 g/mol. The van der Waals surface area contributed by atoms with Gasteiger partial charge in [0.25, 0.3) is 11.6 Å². The summed E-state index contributed by atoms with van der Waals surface area (Å²) in [6.07, 6.45) is 0. The molecule has 2 rings (SSSR count). The lowest BCUT2D eigenvalue weighted by Gasteiger charge is -2.07. The molecule has 3 N–H and O–H groups in total. The van der Waals surface area contributed by atoms with Crippen LogP contribution in [0.3, 0.4) is 0 Å². The van der Waals surface area contributed by atoms with Crippen molar-refractivity contribution in [3.63, 3.8) is 0 Å². The molecular formula is C15H14ClN3O3S. The van der Waals surface area contributed by atoms with Crippen LogP contribution in [0.25, 0.3) is 0 Å². The van der Waals surface area contributed by atoms with E-state index in [2.05, 4.69) is 5.32 Å². The Hall–Kier alpha value is -2.25. The molecule has 0 heterocycles. The number of non-ortho nitro benzene ring substituents is 1. The minimum atomic E-state index is -0.567. The van der Waals surface area contributed by atoms with Crippen LogP contribution in [0, 0.1) is 10.1 Å². The van der Waals surface area contributed by atoms with Crippen LogP contribution in [-0.2, 0) is 0 Å². The van der Waals surface area contributed by atoms with E-state index in [9.17, 15) is 14.9 Å². The Kier molecular flexibility index (Phi) is 5.84. The average molecular weight is 352 g/mol. The maximum atomic E-state index is 12.1. The summed E-state index contributed by atoms with van der Waals surface area (Å²) in [5.74, 6) is 0.203. The zero-order valence-electron chi connectivity index (χ0n) is 12.0. The number of rotatable bonds is 6. The highest BCUT2D eigenvalue weighted by Crippen LogP contribution is 2.22. The van der Waals surface area contributed by atoms with Gasteiger partial charge in [0.2, 0.25) is 0 Å². The summed E-state index contributed by atoms with van der Waals surface area (Å²) in [6, 6.07) is 11.2. The van der Waals surface area contributed by atoms with Crippen molar-refractivity contribution in [1.82, 2.24) is 5.32 Å². The van der Waals surface area contributed by atoms with Gasteiger partial charge in [0.15, 0.2) is 0 Å². The number of hydrogen-bond acceptors (Lipinski definition) is 5. The third-order valence-electron chi connectivity index (χ3n) is 2.92. The van der Waals surface area contributed by atoms with Gasteiger partial charge >= 0.3 is 0 Å². The molecule has 6 nitrogen and oxygen atoms in total. The van der Waals surface area contributed by atoms with Gasteiger partial charge in [-0.25, -0.2) is 0 Å². The highest BCUT2D eigenvalue weighted by atomic mass is 35.5. The van der Waals surface area contributed by atoms with Crippen molar-refractivity contribution in [1.29, 1.82) is 0 Å². The normalized spacial score (nSPS) is 10.3. The van der Waals surface area contributed by atoms with Crippen LogP contribution < -0.4 is 11.1 Å². The molecular weight excluding hydrogens is 338 g/mol. The number of anilines is 1. The smallest absolute Gasteiger partial charge is 0.270 e. The minimum Gasteiger partial charge on any atom is -0.399 e. The summed E-state index contributed by atoms with van der Waals surface area (Å²) in [5.41, 5.74) is 6.29. The number of thioether (sulfide) groups is 1. The predicted molar refractivity (Wildman–Crippen MR) is 92.0 cm³/mol. The molecule has 0 saturated heterocycles. The fraction of sp³-hybridized carbons (Fsp3) is 0.133. The third kappa shape index (κ3) is 4.87. The standard InChI is InChI=1S/C15H14ClN3O3S/c16-14-5-4-11(19(21)22)9-13(14)15(20)18-6-7-23-12-3-1-2-10(17)8-12/h1-5,8-9H,6-7,17H2,(H,18,20). The Labute approximate surface area is 142 Å². The van der Waals surface area contributed by atoms with Gasteiger partial charge in [-0.2, -0.15) is 0 Å². The van der Waals surface area contributed by atoms with Crippen LogP contribution in [0.5, 0.6) is 0 Å². The second kappa shape index (κ2) is 7.85. The Bertz CT molecular complexity index is 740. The van der Waals surface area contributed by atoms with E-state index in [1.54, 1.807) is 17.8 Å². The number of carbonyl (C=O) groups excluding carboxylic acids is 1. The zero-order valence-corrected chi connectivity index (χ0v) is 13.6. The molecule has 1 amide bonds. The largest absolute Gasteiger partial charge is 0.399 e. The molecule has 0 aromatic heterocycles. The number of nitrogens with one attached hydrogen (secondary N) is 1. The molecule has 0 aliphatic carbocycles. The third-order valence-corrected chi connectivity index (χ3v) is 4.24. The van der Waals surface area contributed by atoms with Gasteiger partial charge in [-0.05, 0) is 24.3 Å². The maximum Gasteiger partial charge on any atom is 0.270 e. The average Bonchev–Trinajstić information content (AvgIpc) is 2.51. The first-order valence-corrected chi connectivity index (χ1v) is 8.04. The van der Waals surface area contributed by atoms with Gasteiger partial charge in [0.05, 0.1) is 15.5 Å². The van der Waals surface area contributed by atoms with Crippen molar-refractivity contribution in [2.75, 3.05) is 18.0 Å². The minimum absolute atomic E-state index is 0.0924. The van der Waals surface area contributed by atoms with Crippen molar-refractivity contribution in [3.8, 4) is 0 Å². The summed E-state index contributed by atoms with van der Waals surface area (Å²) in [7, 11) is 0. The van der Waals surface area contributed by atoms with Crippen LogP contribution in [0.4, 0.5) is 11.4 Å². The van der Waals surface area contributed by atoms with Gasteiger partial charge < -0.3 is 11.1 Å². The summed E-state index contributed by atoms with van der Waals surface area (Å²) in [5, 5.41) is 13.6. The molecule has 23 heavy (non-hydrogen) atoms. The quantitative estimate of drug-likeness (QED) is 0.273. The molecule has 120 valence electrons. The first kappa shape index (κ1) is 17.1. The molecule has 0 atom stereocenters. The Morgan fingerprint density at radius 1 is 1.30 bits per heavy atom. The SMILES string of the molecule is Nc1cccc(SCCNC(=O)c2cc([N+](=O)[O-])ccc2Cl)c1. The highest BCUT2D eigenvalue weighted by Gasteiger charge is 2.15. The number of benzene rings is 2. The topological polar surface area (TPSA) is 98.3 Å². The Morgan fingerprint density at radius 3 is 2.78 bits per heavy atom. The zero-order chi connectivity index (χ0) is 16.8. The van der Waals surface area contributed by atoms with Crippen LogP contribution in [0.1, 0.15) is 10.4 Å². The van der Waals surface area contributed by atoms with Crippen molar-refractivity contribution >= 4 is 40.6 Å². The van der Waals surface area contributed by atoms with Gasteiger partial charge in [-0.15, -0.1) is 11.8 Å². The molecule has 2 aromatic carbocycles. The lowest BCUT2D eigenvalue weighted by atomic mass is 10.2. The van der Waals surface area contributed by atoms with Crippen molar-refractivity contribution < 1.29 is 9.72 Å². The maximum absolute atomic E-state index is 12.1. The molecule has 0 saturated carbocycles. The summed E-state index contributed by atoms with van der Waals surface area (Å²) < 4.78 is 0. The highest BCUT2D eigenvalue weighted by molar-refractivity contribution is 7.99. The number of carbonyl (C=O) groups is 1. The predicted octanol–water partition coefficient (Wildman–Crippen LogP) is 3.35. The van der Waals surface area contributed by atoms with Crippen molar-refractivity contribution in [2.24, 2.45) is 0 Å². The van der Waals surface area contributed by atoms with Gasteiger partial charge in [-0.3, -0.25) is 14.9 Å². The molecule has 0 unspecified atom stereocenters. The Morgan fingerprint density at radius 2 is 2.09 bits per heavy atom. The van der Waals surface area contributed by atoms with Gasteiger partial charge in [0, 0.05) is 35.0 Å². The number of halogens is 1. The number of nitrogens with two attached hydrogens (primary N) is 1. The molecule has 2 aromatic rings. The molecule has 0 fully saturated rings. The molecule has 0 aliphatic heterocycles. The molecule has 8 heteroatoms. The number of hydrogen-bond donors (Lipinski definition) is 2. The summed E-state index contributed by atoms with van der Waals surface area (Å²) >= 11 is 7.47. The molecule has 0 radical (unpaired) electrons. The fourth-order valence-corrected chi connectivity index (χ4v) is 2.87. The van der Waals surface area contributed by atoms with E-state index >= 15 is 0 Å². The number of nitrogens with zero attached hydrogens (tertiary/aromatic N) is 1. The number of amides is 1. The van der Waals surface area contributed by atoms with Gasteiger partial charge in [-0.1, -0.05) is 17.7 Å². The molecule has 0 aliphatic rings. The van der Waals surface area contributed by atoms with E-state index in [-0.39, 0.29) is 16.3 Å². The second-order valence-electron chi connectivity index (χ2n) is 4.60. The van der Waals surface area contributed by atoms with Crippen LogP contribution in [0.15, 0.2) is 47.4 Å². The fourth-order valence-electron chi connectivity index (χ4n) is 1.83. The van der Waals surface area contributed by atoms with E-state index in [4.69, 9.17) is 17.3 Å². The number of nitrogen functional groups attached to an aromatic ring is 1. The lowest BCUT2D eigenvalue weighted by molar-refractivity contribution is -0.384. The van der Waals surface area contributed by atoms with Gasteiger partial charge in [0.1, 0.15) is 0 Å². The van der Waals surface area contributed by atoms with E-state index in [0.717, 1.165) is 4.90 Å². The second-order valence-corrected chi connectivity index (χ2v) is 6.17. The Balaban J connectivity index is 1.90. The van der Waals surface area contributed by atoms with Crippen LogP contribution in [0.2, 0.25) is 5.02 Å². The van der Waals surface area contributed by atoms with Crippen LogP contribution in [-0.4, -0.2) is 23.1 Å². The van der Waals surface area contributed by atoms with E-state index in [0.29, 0.717) is 18.0 Å². The van der Waals surface area contributed by atoms with Crippen molar-refractivity contribution in [2.45, 2.75) is 4.90 Å². The van der Waals surface area contributed by atoms with E-state index < -0.39 is 10.8 Å². The number of nitro benzene ring substituents is 1. The van der Waals surface area contributed by atoms with Crippen LogP contribution >= 0.6 is 23.4 Å². The number of nitro groups is 1.